The molecule has 1 saturated heterocycles. The van der Waals surface area contributed by atoms with Crippen LogP contribution in [0.25, 0.3) is 0 Å². The number of rotatable bonds is 6. The molecule has 5 nitrogen and oxygen atoms in total. The Morgan fingerprint density at radius 1 is 1.20 bits per heavy atom. The fourth-order valence-corrected chi connectivity index (χ4v) is 2.20. The normalized spacial score (nSPS) is 21.6. The standard InChI is InChI=1S/C12H22F3N3O2/c1-11(16,10(19)20)3-2-4-17-5-7-18(8-6-17)9-12(13,14)15/h2-9,16H2,1H3,(H,19,20). The average Bonchev–Trinajstić information content (AvgIpc) is 2.29. The van der Waals surface area contributed by atoms with Crippen molar-refractivity contribution in [1.82, 2.24) is 9.80 Å². The highest BCUT2D eigenvalue weighted by Gasteiger charge is 2.32. The van der Waals surface area contributed by atoms with Crippen molar-refractivity contribution in [2.24, 2.45) is 5.73 Å². The number of piperazine rings is 1. The number of carboxylic acids is 1. The Bertz CT molecular complexity index is 326. The maximum Gasteiger partial charge on any atom is 0.401 e. The van der Waals surface area contributed by atoms with Crippen molar-refractivity contribution in [2.45, 2.75) is 31.5 Å². The Morgan fingerprint density at radius 3 is 2.15 bits per heavy atom. The Morgan fingerprint density at radius 2 is 1.70 bits per heavy atom. The minimum atomic E-state index is -4.15. The predicted molar refractivity (Wildman–Crippen MR) is 68.4 cm³/mol. The molecule has 1 aliphatic heterocycles. The van der Waals surface area contributed by atoms with Gasteiger partial charge in [-0.3, -0.25) is 9.69 Å². The lowest BCUT2D eigenvalue weighted by molar-refractivity contribution is -0.149. The number of carboxylic acid groups (broad SMARTS) is 1. The fraction of sp³-hybridized carbons (Fsp3) is 0.917. The second-order valence-corrected chi connectivity index (χ2v) is 5.56. The highest BCUT2D eigenvalue weighted by atomic mass is 19.4. The Kier molecular flexibility index (Phi) is 5.79. The summed E-state index contributed by atoms with van der Waals surface area (Å²) in [6, 6.07) is 0. The van der Waals surface area contributed by atoms with E-state index in [0.29, 0.717) is 45.6 Å². The van der Waals surface area contributed by atoms with Gasteiger partial charge in [-0.2, -0.15) is 13.2 Å². The maximum atomic E-state index is 12.2. The lowest BCUT2D eigenvalue weighted by Crippen LogP contribution is -2.50. The third kappa shape index (κ3) is 6.06. The van der Waals surface area contributed by atoms with Gasteiger partial charge in [0.2, 0.25) is 0 Å². The molecule has 3 N–H and O–H groups in total. The van der Waals surface area contributed by atoms with Crippen LogP contribution < -0.4 is 5.73 Å². The molecule has 1 rings (SSSR count). The van der Waals surface area contributed by atoms with Crippen molar-refractivity contribution in [3.63, 3.8) is 0 Å². The summed E-state index contributed by atoms with van der Waals surface area (Å²) in [4.78, 5) is 14.3. The Hall–Kier alpha value is -0.860. The van der Waals surface area contributed by atoms with Gasteiger partial charge in [0, 0.05) is 26.2 Å². The van der Waals surface area contributed by atoms with Crippen LogP contribution >= 0.6 is 0 Å². The smallest absolute Gasteiger partial charge is 0.401 e. The maximum absolute atomic E-state index is 12.2. The molecule has 1 heterocycles. The first-order valence-corrected chi connectivity index (χ1v) is 6.64. The molecule has 0 bridgehead atoms. The summed E-state index contributed by atoms with van der Waals surface area (Å²) in [5, 5.41) is 8.87. The molecule has 0 aromatic heterocycles. The molecule has 1 aliphatic rings. The quantitative estimate of drug-likeness (QED) is 0.757. The van der Waals surface area contributed by atoms with E-state index in [1.165, 1.54) is 11.8 Å². The van der Waals surface area contributed by atoms with E-state index in [9.17, 15) is 18.0 Å². The molecule has 8 heteroatoms. The van der Waals surface area contributed by atoms with Crippen molar-refractivity contribution < 1.29 is 23.1 Å². The van der Waals surface area contributed by atoms with Crippen LogP contribution in [0.15, 0.2) is 0 Å². The lowest BCUT2D eigenvalue weighted by Gasteiger charge is -2.35. The predicted octanol–water partition coefficient (Wildman–Crippen LogP) is 0.749. The van der Waals surface area contributed by atoms with Gasteiger partial charge in [-0.15, -0.1) is 0 Å². The summed E-state index contributed by atoms with van der Waals surface area (Å²) in [6.45, 7) is 3.20. The molecule has 0 spiro atoms. The van der Waals surface area contributed by atoms with E-state index in [-0.39, 0.29) is 0 Å². The molecule has 1 atom stereocenters. The Labute approximate surface area is 116 Å². The molecule has 1 unspecified atom stereocenters. The number of nitrogens with two attached hydrogens (primary N) is 1. The van der Waals surface area contributed by atoms with Crippen LogP contribution in [-0.2, 0) is 4.79 Å². The van der Waals surface area contributed by atoms with E-state index in [2.05, 4.69) is 0 Å². The number of alkyl halides is 3. The minimum Gasteiger partial charge on any atom is -0.480 e. The number of halogens is 3. The first-order valence-electron chi connectivity index (χ1n) is 6.64. The van der Waals surface area contributed by atoms with Crippen LogP contribution in [-0.4, -0.2) is 71.9 Å². The van der Waals surface area contributed by atoms with Crippen LogP contribution in [0.5, 0.6) is 0 Å². The van der Waals surface area contributed by atoms with E-state index >= 15 is 0 Å². The summed E-state index contributed by atoms with van der Waals surface area (Å²) in [7, 11) is 0. The zero-order valence-electron chi connectivity index (χ0n) is 11.6. The minimum absolute atomic E-state index is 0.352. The van der Waals surface area contributed by atoms with Crippen LogP contribution in [0.2, 0.25) is 0 Å². The van der Waals surface area contributed by atoms with Crippen LogP contribution in [0.1, 0.15) is 19.8 Å². The van der Waals surface area contributed by atoms with Gasteiger partial charge in [0.1, 0.15) is 5.54 Å². The molecule has 0 radical (unpaired) electrons. The third-order valence-corrected chi connectivity index (χ3v) is 3.53. The van der Waals surface area contributed by atoms with E-state index in [0.717, 1.165) is 0 Å². The molecule has 0 amide bonds. The van der Waals surface area contributed by atoms with Gasteiger partial charge in [-0.05, 0) is 26.3 Å². The molecule has 0 saturated carbocycles. The van der Waals surface area contributed by atoms with Crippen LogP contribution in [0, 0.1) is 0 Å². The van der Waals surface area contributed by atoms with E-state index in [4.69, 9.17) is 10.8 Å². The zero-order valence-corrected chi connectivity index (χ0v) is 11.6. The molecule has 0 aromatic rings. The van der Waals surface area contributed by atoms with Crippen molar-refractivity contribution in [1.29, 1.82) is 0 Å². The Balaban J connectivity index is 2.22. The van der Waals surface area contributed by atoms with Gasteiger partial charge in [0.25, 0.3) is 0 Å². The van der Waals surface area contributed by atoms with E-state index < -0.39 is 24.2 Å². The highest BCUT2D eigenvalue weighted by molar-refractivity contribution is 5.77. The number of aliphatic carboxylic acids is 1. The van der Waals surface area contributed by atoms with Gasteiger partial charge < -0.3 is 15.7 Å². The van der Waals surface area contributed by atoms with Gasteiger partial charge in [-0.25, -0.2) is 0 Å². The second-order valence-electron chi connectivity index (χ2n) is 5.56. The number of carbonyl (C=O) groups is 1. The van der Waals surface area contributed by atoms with E-state index in [1.807, 2.05) is 4.90 Å². The number of nitrogens with zero attached hydrogens (tertiary/aromatic N) is 2. The third-order valence-electron chi connectivity index (χ3n) is 3.53. The summed E-state index contributed by atoms with van der Waals surface area (Å²) in [5.74, 6) is -1.03. The molecular weight excluding hydrogens is 275 g/mol. The molecule has 0 aliphatic carbocycles. The highest BCUT2D eigenvalue weighted by Crippen LogP contribution is 2.18. The molecule has 0 aromatic carbocycles. The molecule has 1 fully saturated rings. The van der Waals surface area contributed by atoms with E-state index in [1.54, 1.807) is 0 Å². The van der Waals surface area contributed by atoms with Gasteiger partial charge >= 0.3 is 12.1 Å². The number of hydrogen-bond donors (Lipinski definition) is 2. The van der Waals surface area contributed by atoms with Gasteiger partial charge in [-0.1, -0.05) is 0 Å². The molecular formula is C12H22F3N3O2. The van der Waals surface area contributed by atoms with Crippen molar-refractivity contribution in [2.75, 3.05) is 39.3 Å². The molecule has 20 heavy (non-hydrogen) atoms. The summed E-state index contributed by atoms with van der Waals surface area (Å²) in [5.41, 5.74) is 4.38. The van der Waals surface area contributed by atoms with Crippen LogP contribution in [0.3, 0.4) is 0 Å². The fourth-order valence-electron chi connectivity index (χ4n) is 2.20. The summed E-state index contributed by atoms with van der Waals surface area (Å²) in [6.07, 6.45) is -3.17. The largest absolute Gasteiger partial charge is 0.480 e. The van der Waals surface area contributed by atoms with Gasteiger partial charge in [0.15, 0.2) is 0 Å². The van der Waals surface area contributed by atoms with Crippen molar-refractivity contribution in [3.8, 4) is 0 Å². The zero-order chi connectivity index (χ0) is 15.4. The van der Waals surface area contributed by atoms with Gasteiger partial charge in [0.05, 0.1) is 6.54 Å². The summed E-state index contributed by atoms with van der Waals surface area (Å²) < 4.78 is 36.7. The lowest BCUT2D eigenvalue weighted by atomic mass is 9.97. The number of hydrogen-bond acceptors (Lipinski definition) is 4. The average molecular weight is 297 g/mol. The topological polar surface area (TPSA) is 69.8 Å². The van der Waals surface area contributed by atoms with Crippen molar-refractivity contribution >= 4 is 5.97 Å². The van der Waals surface area contributed by atoms with Crippen molar-refractivity contribution in [3.05, 3.63) is 0 Å². The second kappa shape index (κ2) is 6.73. The first kappa shape index (κ1) is 17.2. The van der Waals surface area contributed by atoms with Crippen LogP contribution in [0.4, 0.5) is 13.2 Å². The molecule has 118 valence electrons. The first-order chi connectivity index (χ1) is 9.10. The summed E-state index contributed by atoms with van der Waals surface area (Å²) >= 11 is 0. The SMILES string of the molecule is CC(N)(CCCN1CCN(CC(F)(F)F)CC1)C(=O)O. The monoisotopic (exact) mass is 297 g/mol.